The lowest BCUT2D eigenvalue weighted by molar-refractivity contribution is 0.0698. The summed E-state index contributed by atoms with van der Waals surface area (Å²) in [4.78, 5) is 26.7. The Hall–Kier alpha value is -2.76. The zero-order valence-electron chi connectivity index (χ0n) is 11.9. The topological polar surface area (TPSA) is 63.6 Å². The zero-order chi connectivity index (χ0) is 15.1. The van der Waals surface area contributed by atoms with Crippen LogP contribution in [0.4, 0.5) is 0 Å². The van der Waals surface area contributed by atoms with Gasteiger partial charge in [-0.25, -0.2) is 0 Å². The van der Waals surface area contributed by atoms with E-state index < -0.39 is 0 Å². The number of ether oxygens (including phenoxy) is 1. The fourth-order valence-corrected chi connectivity index (χ4v) is 2.97. The number of nitrogens with zero attached hydrogens (tertiary/aromatic N) is 2. The van der Waals surface area contributed by atoms with Gasteiger partial charge in [0.2, 0.25) is 11.2 Å². The molecule has 2 aliphatic rings. The predicted octanol–water partition coefficient (Wildman–Crippen LogP) is 1.76. The van der Waals surface area contributed by atoms with Crippen molar-refractivity contribution >= 4 is 5.91 Å². The number of benzene rings is 1. The number of amides is 1. The van der Waals surface area contributed by atoms with Crippen LogP contribution in [0.1, 0.15) is 23.3 Å². The SMILES string of the molecule is O=C1c2c(Oc3ccccc3)c(=O)ccn2NC2CCCN12. The van der Waals surface area contributed by atoms with Gasteiger partial charge in [-0.3, -0.25) is 14.3 Å². The number of hydrogen-bond acceptors (Lipinski definition) is 4. The molecule has 1 aromatic heterocycles. The molecule has 1 saturated heterocycles. The molecule has 4 rings (SSSR count). The molecule has 1 amide bonds. The molecule has 1 aromatic carbocycles. The average molecular weight is 297 g/mol. The lowest BCUT2D eigenvalue weighted by Crippen LogP contribution is -2.50. The first-order valence-electron chi connectivity index (χ1n) is 7.30. The summed E-state index contributed by atoms with van der Waals surface area (Å²) in [5, 5.41) is 0. The van der Waals surface area contributed by atoms with Crippen molar-refractivity contribution in [2.75, 3.05) is 12.0 Å². The molecule has 1 fully saturated rings. The lowest BCUT2D eigenvalue weighted by atomic mass is 10.2. The van der Waals surface area contributed by atoms with Crippen LogP contribution >= 0.6 is 0 Å². The Morgan fingerprint density at radius 1 is 1.14 bits per heavy atom. The second-order valence-corrected chi connectivity index (χ2v) is 5.43. The standard InChI is InChI=1S/C16H15N3O3/c20-12-8-10-19-14(15(12)22-11-5-2-1-3-6-11)16(21)18-9-4-7-13(18)17-19/h1-3,5-6,8,10,13,17H,4,7,9H2. The van der Waals surface area contributed by atoms with Gasteiger partial charge in [-0.05, 0) is 25.0 Å². The fourth-order valence-electron chi connectivity index (χ4n) is 2.97. The van der Waals surface area contributed by atoms with E-state index in [-0.39, 0.29) is 28.9 Å². The highest BCUT2D eigenvalue weighted by Gasteiger charge is 2.37. The van der Waals surface area contributed by atoms with Gasteiger partial charge in [0.05, 0.1) is 0 Å². The first kappa shape index (κ1) is 12.9. The van der Waals surface area contributed by atoms with Gasteiger partial charge in [-0.15, -0.1) is 0 Å². The molecule has 1 atom stereocenters. The predicted molar refractivity (Wildman–Crippen MR) is 80.6 cm³/mol. The molecule has 3 heterocycles. The van der Waals surface area contributed by atoms with E-state index in [9.17, 15) is 9.59 Å². The molecule has 1 N–H and O–H groups in total. The Kier molecular flexibility index (Phi) is 2.89. The molecule has 0 aliphatic carbocycles. The monoisotopic (exact) mass is 297 g/mol. The summed E-state index contributed by atoms with van der Waals surface area (Å²) in [6.45, 7) is 0.699. The maximum absolute atomic E-state index is 12.7. The molecule has 1 unspecified atom stereocenters. The van der Waals surface area contributed by atoms with Crippen molar-refractivity contribution in [3.63, 3.8) is 0 Å². The number of carbonyl (C=O) groups excluding carboxylic acids is 1. The Bertz CT molecular complexity index is 785. The number of hydrogen-bond donors (Lipinski definition) is 1. The second-order valence-electron chi connectivity index (χ2n) is 5.43. The maximum Gasteiger partial charge on any atom is 0.278 e. The van der Waals surface area contributed by atoms with Gasteiger partial charge < -0.3 is 15.1 Å². The third-order valence-electron chi connectivity index (χ3n) is 4.02. The van der Waals surface area contributed by atoms with Crippen molar-refractivity contribution in [2.24, 2.45) is 0 Å². The summed E-state index contributed by atoms with van der Waals surface area (Å²) in [7, 11) is 0. The summed E-state index contributed by atoms with van der Waals surface area (Å²) < 4.78 is 7.31. The number of nitrogens with one attached hydrogen (secondary N) is 1. The smallest absolute Gasteiger partial charge is 0.278 e. The van der Waals surface area contributed by atoms with E-state index in [0.29, 0.717) is 12.3 Å². The van der Waals surface area contributed by atoms with E-state index in [1.54, 1.807) is 27.9 Å². The molecular formula is C16H15N3O3. The Morgan fingerprint density at radius 3 is 2.77 bits per heavy atom. The Labute approximate surface area is 126 Å². The van der Waals surface area contributed by atoms with Crippen molar-refractivity contribution in [2.45, 2.75) is 19.0 Å². The minimum absolute atomic E-state index is 0.00734. The van der Waals surface area contributed by atoms with Crippen LogP contribution in [0.15, 0.2) is 47.4 Å². The minimum Gasteiger partial charge on any atom is -0.451 e. The van der Waals surface area contributed by atoms with E-state index in [4.69, 9.17) is 4.74 Å². The highest BCUT2D eigenvalue weighted by molar-refractivity contribution is 5.96. The molecule has 2 aromatic rings. The molecule has 0 saturated carbocycles. The van der Waals surface area contributed by atoms with Crippen molar-refractivity contribution in [3.8, 4) is 11.5 Å². The molecule has 0 radical (unpaired) electrons. The van der Waals surface area contributed by atoms with E-state index in [2.05, 4.69) is 5.43 Å². The van der Waals surface area contributed by atoms with Crippen LogP contribution < -0.4 is 15.6 Å². The van der Waals surface area contributed by atoms with Crippen molar-refractivity contribution in [1.82, 2.24) is 9.58 Å². The first-order chi connectivity index (χ1) is 10.7. The number of aromatic nitrogens is 1. The molecular weight excluding hydrogens is 282 g/mol. The molecule has 2 aliphatic heterocycles. The van der Waals surface area contributed by atoms with Crippen LogP contribution in [0.2, 0.25) is 0 Å². The zero-order valence-corrected chi connectivity index (χ0v) is 11.9. The van der Waals surface area contributed by atoms with Crippen molar-refractivity contribution in [1.29, 1.82) is 0 Å². The van der Waals surface area contributed by atoms with Crippen LogP contribution in [0, 0.1) is 0 Å². The quantitative estimate of drug-likeness (QED) is 0.917. The number of pyridine rings is 1. The van der Waals surface area contributed by atoms with Gasteiger partial charge in [0.1, 0.15) is 11.9 Å². The molecule has 0 spiro atoms. The largest absolute Gasteiger partial charge is 0.451 e. The van der Waals surface area contributed by atoms with E-state index in [1.807, 2.05) is 18.2 Å². The summed E-state index contributed by atoms with van der Waals surface area (Å²) in [5.74, 6) is 0.436. The third kappa shape index (κ3) is 1.95. The Morgan fingerprint density at radius 2 is 1.95 bits per heavy atom. The van der Waals surface area contributed by atoms with Crippen LogP contribution in [-0.2, 0) is 0 Å². The van der Waals surface area contributed by atoms with Gasteiger partial charge in [0, 0.05) is 18.8 Å². The number of fused-ring (bicyclic) bond motifs is 2. The molecule has 112 valence electrons. The lowest BCUT2D eigenvalue weighted by Gasteiger charge is -2.34. The summed E-state index contributed by atoms with van der Waals surface area (Å²) in [6, 6.07) is 10.4. The van der Waals surface area contributed by atoms with Crippen LogP contribution in [-0.4, -0.2) is 28.2 Å². The van der Waals surface area contributed by atoms with E-state index in [1.165, 1.54) is 6.07 Å². The summed E-state index contributed by atoms with van der Waals surface area (Å²) >= 11 is 0. The highest BCUT2D eigenvalue weighted by Crippen LogP contribution is 2.28. The summed E-state index contributed by atoms with van der Waals surface area (Å²) in [5.41, 5.74) is 3.20. The van der Waals surface area contributed by atoms with Gasteiger partial charge in [0.15, 0.2) is 5.69 Å². The molecule has 0 bridgehead atoms. The number of para-hydroxylation sites is 1. The second kappa shape index (κ2) is 4.91. The van der Waals surface area contributed by atoms with Gasteiger partial charge in [-0.1, -0.05) is 18.2 Å². The maximum atomic E-state index is 12.7. The molecule has 6 nitrogen and oxygen atoms in total. The van der Waals surface area contributed by atoms with Crippen molar-refractivity contribution < 1.29 is 9.53 Å². The van der Waals surface area contributed by atoms with Gasteiger partial charge in [-0.2, -0.15) is 0 Å². The van der Waals surface area contributed by atoms with Crippen molar-refractivity contribution in [3.05, 3.63) is 58.5 Å². The Balaban J connectivity index is 1.81. The highest BCUT2D eigenvalue weighted by atomic mass is 16.5. The molecule has 22 heavy (non-hydrogen) atoms. The van der Waals surface area contributed by atoms with E-state index in [0.717, 1.165) is 12.8 Å². The minimum atomic E-state index is -0.303. The average Bonchev–Trinajstić information content (AvgIpc) is 3.00. The van der Waals surface area contributed by atoms with E-state index >= 15 is 0 Å². The molecule has 6 heteroatoms. The van der Waals surface area contributed by atoms with Crippen LogP contribution in [0.5, 0.6) is 11.5 Å². The van der Waals surface area contributed by atoms with Gasteiger partial charge in [0.25, 0.3) is 5.91 Å². The number of carbonyl (C=O) groups is 1. The fraction of sp³-hybridized carbons (Fsp3) is 0.250. The van der Waals surface area contributed by atoms with Gasteiger partial charge >= 0.3 is 0 Å². The van der Waals surface area contributed by atoms with Crippen LogP contribution in [0.3, 0.4) is 0 Å². The van der Waals surface area contributed by atoms with Crippen LogP contribution in [0.25, 0.3) is 0 Å². The number of rotatable bonds is 2. The first-order valence-corrected chi connectivity index (χ1v) is 7.30. The summed E-state index contributed by atoms with van der Waals surface area (Å²) in [6.07, 6.45) is 3.44. The third-order valence-corrected chi connectivity index (χ3v) is 4.02. The normalized spacial score (nSPS) is 19.4.